The second kappa shape index (κ2) is 6.61. The highest BCUT2D eigenvalue weighted by atomic mass is 35.5. The molecule has 1 rings (SSSR count). The summed E-state index contributed by atoms with van der Waals surface area (Å²) in [4.78, 5) is 11.8. The number of halogens is 1. The second-order valence-electron chi connectivity index (χ2n) is 3.84. The monoisotopic (exact) mass is 259 g/mol. The van der Waals surface area contributed by atoms with E-state index in [0.717, 1.165) is 6.42 Å². The first-order chi connectivity index (χ1) is 8.10. The van der Waals surface area contributed by atoms with Crippen LogP contribution in [0.1, 0.15) is 26.7 Å². The van der Waals surface area contributed by atoms with Gasteiger partial charge >= 0.3 is 0 Å². The molecule has 1 atom stereocenters. The molecule has 0 fully saturated rings. The Bertz CT molecular complexity index is 420. The first-order valence-corrected chi connectivity index (χ1v) is 6.15. The molecule has 17 heavy (non-hydrogen) atoms. The van der Waals surface area contributed by atoms with Crippen LogP contribution in [-0.2, 0) is 6.54 Å². The SMILES string of the molecule is CCCn1ncc(NCC(O)CC)c(Cl)c1=O. The predicted molar refractivity (Wildman–Crippen MR) is 68.6 cm³/mol. The molecule has 1 unspecified atom stereocenters. The highest BCUT2D eigenvalue weighted by molar-refractivity contribution is 6.32. The highest BCUT2D eigenvalue weighted by Gasteiger charge is 2.09. The van der Waals surface area contributed by atoms with Gasteiger partial charge in [0.05, 0.1) is 18.0 Å². The Morgan fingerprint density at radius 1 is 1.59 bits per heavy atom. The zero-order chi connectivity index (χ0) is 12.8. The second-order valence-corrected chi connectivity index (χ2v) is 4.22. The van der Waals surface area contributed by atoms with Crippen LogP contribution in [0.25, 0.3) is 0 Å². The van der Waals surface area contributed by atoms with E-state index in [0.29, 0.717) is 25.2 Å². The minimum atomic E-state index is -0.454. The van der Waals surface area contributed by atoms with Crippen molar-refractivity contribution in [1.82, 2.24) is 9.78 Å². The molecule has 6 heteroatoms. The molecule has 0 radical (unpaired) electrons. The number of nitrogens with one attached hydrogen (secondary N) is 1. The van der Waals surface area contributed by atoms with E-state index in [1.54, 1.807) is 0 Å². The molecular weight excluding hydrogens is 242 g/mol. The van der Waals surface area contributed by atoms with Crippen LogP contribution in [-0.4, -0.2) is 27.5 Å². The average Bonchev–Trinajstić information content (AvgIpc) is 2.34. The Labute approximate surface area is 105 Å². The number of anilines is 1. The van der Waals surface area contributed by atoms with E-state index in [1.807, 2.05) is 13.8 Å². The van der Waals surface area contributed by atoms with Gasteiger partial charge in [0.15, 0.2) is 0 Å². The number of aliphatic hydroxyl groups is 1. The fourth-order valence-corrected chi connectivity index (χ4v) is 1.54. The maximum absolute atomic E-state index is 11.8. The largest absolute Gasteiger partial charge is 0.391 e. The van der Waals surface area contributed by atoms with Crippen molar-refractivity contribution in [2.75, 3.05) is 11.9 Å². The van der Waals surface area contributed by atoms with Crippen LogP contribution in [0.3, 0.4) is 0 Å². The topological polar surface area (TPSA) is 67.2 Å². The third-order valence-electron chi connectivity index (χ3n) is 2.42. The lowest BCUT2D eigenvalue weighted by Crippen LogP contribution is -2.25. The number of hydrogen-bond acceptors (Lipinski definition) is 4. The van der Waals surface area contributed by atoms with E-state index in [9.17, 15) is 9.90 Å². The molecule has 0 aliphatic carbocycles. The summed E-state index contributed by atoms with van der Waals surface area (Å²) in [6, 6.07) is 0. The zero-order valence-electron chi connectivity index (χ0n) is 10.1. The highest BCUT2D eigenvalue weighted by Crippen LogP contribution is 2.15. The molecule has 1 aromatic rings. The third kappa shape index (κ3) is 3.71. The van der Waals surface area contributed by atoms with Crippen LogP contribution in [0.2, 0.25) is 5.02 Å². The van der Waals surface area contributed by atoms with Crippen LogP contribution < -0.4 is 10.9 Å². The van der Waals surface area contributed by atoms with Crippen molar-refractivity contribution < 1.29 is 5.11 Å². The number of rotatable bonds is 6. The lowest BCUT2D eigenvalue weighted by molar-refractivity contribution is 0.183. The molecule has 5 nitrogen and oxygen atoms in total. The fraction of sp³-hybridized carbons (Fsp3) is 0.636. The average molecular weight is 260 g/mol. The van der Waals surface area contributed by atoms with Crippen LogP contribution in [0, 0.1) is 0 Å². The van der Waals surface area contributed by atoms with Gasteiger partial charge in [0.2, 0.25) is 0 Å². The van der Waals surface area contributed by atoms with E-state index in [-0.39, 0.29) is 10.6 Å². The summed E-state index contributed by atoms with van der Waals surface area (Å²) in [5.41, 5.74) is 0.168. The van der Waals surface area contributed by atoms with E-state index in [1.165, 1.54) is 10.9 Å². The Morgan fingerprint density at radius 2 is 2.29 bits per heavy atom. The van der Waals surface area contributed by atoms with Crippen molar-refractivity contribution in [3.8, 4) is 0 Å². The molecule has 2 N–H and O–H groups in total. The van der Waals surface area contributed by atoms with Gasteiger partial charge in [0, 0.05) is 13.1 Å². The molecule has 0 saturated carbocycles. The summed E-state index contributed by atoms with van der Waals surface area (Å²) in [5.74, 6) is 0. The van der Waals surface area contributed by atoms with Crippen molar-refractivity contribution in [2.45, 2.75) is 39.3 Å². The van der Waals surface area contributed by atoms with Gasteiger partial charge in [-0.2, -0.15) is 5.10 Å². The molecule has 96 valence electrons. The lowest BCUT2D eigenvalue weighted by atomic mass is 10.3. The van der Waals surface area contributed by atoms with Crippen molar-refractivity contribution in [3.05, 3.63) is 21.6 Å². The van der Waals surface area contributed by atoms with Gasteiger partial charge in [-0.15, -0.1) is 0 Å². The van der Waals surface area contributed by atoms with Crippen molar-refractivity contribution in [2.24, 2.45) is 0 Å². The van der Waals surface area contributed by atoms with Gasteiger partial charge < -0.3 is 10.4 Å². The molecule has 1 aromatic heterocycles. The summed E-state index contributed by atoms with van der Waals surface area (Å²) < 4.78 is 1.34. The van der Waals surface area contributed by atoms with Gasteiger partial charge in [0.25, 0.3) is 5.56 Å². The molecule has 0 aromatic carbocycles. The predicted octanol–water partition coefficient (Wildman–Crippen LogP) is 1.49. The molecule has 0 saturated heterocycles. The van der Waals surface area contributed by atoms with Crippen molar-refractivity contribution >= 4 is 17.3 Å². The van der Waals surface area contributed by atoms with E-state index in [4.69, 9.17) is 11.6 Å². The quantitative estimate of drug-likeness (QED) is 0.812. The zero-order valence-corrected chi connectivity index (χ0v) is 10.9. The Morgan fingerprint density at radius 3 is 2.88 bits per heavy atom. The summed E-state index contributed by atoms with van der Waals surface area (Å²) in [7, 11) is 0. The Hall–Kier alpha value is -1.07. The van der Waals surface area contributed by atoms with Crippen LogP contribution in [0.15, 0.2) is 11.0 Å². The smallest absolute Gasteiger partial charge is 0.287 e. The maximum Gasteiger partial charge on any atom is 0.287 e. The first-order valence-electron chi connectivity index (χ1n) is 5.77. The third-order valence-corrected chi connectivity index (χ3v) is 2.78. The van der Waals surface area contributed by atoms with Gasteiger partial charge in [-0.1, -0.05) is 25.4 Å². The molecule has 0 spiro atoms. The van der Waals surface area contributed by atoms with Gasteiger partial charge in [0.1, 0.15) is 5.02 Å². The van der Waals surface area contributed by atoms with Gasteiger partial charge in [-0.25, -0.2) is 4.68 Å². The van der Waals surface area contributed by atoms with E-state index in [2.05, 4.69) is 10.4 Å². The summed E-state index contributed by atoms with van der Waals surface area (Å²) in [5, 5.41) is 16.5. The van der Waals surface area contributed by atoms with Crippen LogP contribution in [0.5, 0.6) is 0 Å². The number of nitrogens with zero attached hydrogens (tertiary/aromatic N) is 2. The number of hydrogen-bond donors (Lipinski definition) is 2. The fourth-order valence-electron chi connectivity index (χ4n) is 1.33. The van der Waals surface area contributed by atoms with Crippen molar-refractivity contribution in [1.29, 1.82) is 0 Å². The number of aliphatic hydroxyl groups excluding tert-OH is 1. The Kier molecular flexibility index (Phi) is 5.44. The van der Waals surface area contributed by atoms with Gasteiger partial charge in [-0.05, 0) is 12.8 Å². The van der Waals surface area contributed by atoms with Gasteiger partial charge in [-0.3, -0.25) is 4.79 Å². The lowest BCUT2D eigenvalue weighted by Gasteiger charge is -2.12. The van der Waals surface area contributed by atoms with E-state index < -0.39 is 6.10 Å². The molecule has 0 amide bonds. The van der Waals surface area contributed by atoms with Crippen LogP contribution in [0.4, 0.5) is 5.69 Å². The maximum atomic E-state index is 11.8. The standard InChI is InChI=1S/C11H18ClN3O2/c1-3-5-15-11(17)10(12)9(7-14-15)13-6-8(16)4-2/h7-8,13,16H,3-6H2,1-2H3. The van der Waals surface area contributed by atoms with E-state index >= 15 is 0 Å². The minimum Gasteiger partial charge on any atom is -0.391 e. The summed E-state index contributed by atoms with van der Waals surface area (Å²) in [6.45, 7) is 4.75. The molecule has 1 heterocycles. The summed E-state index contributed by atoms with van der Waals surface area (Å²) >= 11 is 5.94. The normalized spacial score (nSPS) is 12.5. The molecule has 0 aliphatic rings. The number of aryl methyl sites for hydroxylation is 1. The first kappa shape index (κ1) is 14.0. The minimum absolute atomic E-state index is 0.122. The summed E-state index contributed by atoms with van der Waals surface area (Å²) in [6.07, 6.45) is 2.53. The number of aromatic nitrogens is 2. The molecule has 0 aliphatic heterocycles. The van der Waals surface area contributed by atoms with Crippen molar-refractivity contribution in [3.63, 3.8) is 0 Å². The Balaban J connectivity index is 2.82. The molecule has 0 bridgehead atoms. The van der Waals surface area contributed by atoms with Crippen LogP contribution >= 0.6 is 11.6 Å². The molecular formula is C11H18ClN3O2.